The molecule has 25 heavy (non-hydrogen) atoms. The Hall–Kier alpha value is -2.06. The van der Waals surface area contributed by atoms with Crippen molar-refractivity contribution in [1.29, 1.82) is 0 Å². The summed E-state index contributed by atoms with van der Waals surface area (Å²) in [5, 5.41) is 6.07. The third-order valence-corrected chi connectivity index (χ3v) is 4.77. The molecule has 3 rings (SSSR count). The van der Waals surface area contributed by atoms with Crippen molar-refractivity contribution in [3.05, 3.63) is 18.1 Å². The summed E-state index contributed by atoms with van der Waals surface area (Å²) < 4.78 is 38.1. The molecule has 2 aliphatic rings. The molecule has 1 aliphatic carbocycles. The fourth-order valence-corrected chi connectivity index (χ4v) is 3.36. The van der Waals surface area contributed by atoms with Crippen LogP contribution in [0, 0.1) is 0 Å². The summed E-state index contributed by atoms with van der Waals surface area (Å²) in [5.74, 6) is 0.163. The van der Waals surface area contributed by atoms with Crippen molar-refractivity contribution in [2.75, 3.05) is 18.4 Å². The zero-order valence-corrected chi connectivity index (χ0v) is 13.9. The van der Waals surface area contributed by atoms with E-state index < -0.39 is 11.9 Å². The first-order valence-corrected chi connectivity index (χ1v) is 8.63. The Labute approximate surface area is 144 Å². The van der Waals surface area contributed by atoms with Crippen LogP contribution in [-0.4, -0.2) is 46.1 Å². The summed E-state index contributed by atoms with van der Waals surface area (Å²) in [6.45, 7) is 1.15. The highest BCUT2D eigenvalue weighted by atomic mass is 19.4. The normalized spacial score (nSPS) is 19.9. The maximum Gasteiger partial charge on any atom is 0.433 e. The highest BCUT2D eigenvalue weighted by Gasteiger charge is 2.33. The standard InChI is InChI=1S/C16H22F3N5O/c17-16(18,19)13-9-14(21-10-20-13)22-12-5-7-24(8-6-12)15(25)23-11-3-1-2-4-11/h9-12H,1-8H2,(H,23,25)(H,20,21,22). The van der Waals surface area contributed by atoms with E-state index in [1.807, 2.05) is 0 Å². The van der Waals surface area contributed by atoms with E-state index in [1.165, 1.54) is 0 Å². The topological polar surface area (TPSA) is 70.2 Å². The summed E-state index contributed by atoms with van der Waals surface area (Å²) in [4.78, 5) is 21.1. The second kappa shape index (κ2) is 7.45. The van der Waals surface area contributed by atoms with E-state index in [2.05, 4.69) is 20.6 Å². The molecule has 6 nitrogen and oxygen atoms in total. The van der Waals surface area contributed by atoms with Crippen molar-refractivity contribution >= 4 is 11.8 Å². The van der Waals surface area contributed by atoms with Crippen molar-refractivity contribution < 1.29 is 18.0 Å². The number of nitrogens with one attached hydrogen (secondary N) is 2. The number of carbonyl (C=O) groups excluding carboxylic acids is 1. The van der Waals surface area contributed by atoms with Crippen molar-refractivity contribution in [3.8, 4) is 0 Å². The molecule has 2 heterocycles. The lowest BCUT2D eigenvalue weighted by Gasteiger charge is -2.33. The van der Waals surface area contributed by atoms with Gasteiger partial charge in [0.1, 0.15) is 17.8 Å². The van der Waals surface area contributed by atoms with Crippen LogP contribution in [0.1, 0.15) is 44.2 Å². The minimum atomic E-state index is -4.49. The number of carbonyl (C=O) groups is 1. The van der Waals surface area contributed by atoms with Gasteiger partial charge in [0.2, 0.25) is 0 Å². The lowest BCUT2D eigenvalue weighted by atomic mass is 10.1. The van der Waals surface area contributed by atoms with Gasteiger partial charge in [-0.1, -0.05) is 12.8 Å². The monoisotopic (exact) mass is 357 g/mol. The summed E-state index contributed by atoms with van der Waals surface area (Å²) in [7, 11) is 0. The van der Waals surface area contributed by atoms with Crippen LogP contribution in [0.5, 0.6) is 0 Å². The minimum absolute atomic E-state index is 0.00786. The van der Waals surface area contributed by atoms with Gasteiger partial charge in [-0.05, 0) is 25.7 Å². The number of rotatable bonds is 3. The van der Waals surface area contributed by atoms with E-state index in [0.29, 0.717) is 25.9 Å². The number of hydrogen-bond acceptors (Lipinski definition) is 4. The Morgan fingerprint density at radius 1 is 1.08 bits per heavy atom. The van der Waals surface area contributed by atoms with E-state index in [0.717, 1.165) is 38.1 Å². The number of halogens is 3. The summed E-state index contributed by atoms with van der Waals surface area (Å²) in [5.41, 5.74) is -0.960. The zero-order valence-electron chi connectivity index (χ0n) is 13.9. The van der Waals surface area contributed by atoms with Gasteiger partial charge in [-0.25, -0.2) is 14.8 Å². The second-order valence-corrected chi connectivity index (χ2v) is 6.62. The molecule has 0 aromatic carbocycles. The van der Waals surface area contributed by atoms with Gasteiger partial charge in [-0.15, -0.1) is 0 Å². The first kappa shape index (κ1) is 17.8. The second-order valence-electron chi connectivity index (χ2n) is 6.62. The first-order valence-electron chi connectivity index (χ1n) is 8.63. The largest absolute Gasteiger partial charge is 0.433 e. The van der Waals surface area contributed by atoms with Crippen LogP contribution in [0.15, 0.2) is 12.4 Å². The average molecular weight is 357 g/mol. The number of nitrogens with zero attached hydrogens (tertiary/aromatic N) is 3. The van der Waals surface area contributed by atoms with Gasteiger partial charge in [-0.3, -0.25) is 0 Å². The van der Waals surface area contributed by atoms with Gasteiger partial charge in [0.25, 0.3) is 0 Å². The van der Waals surface area contributed by atoms with Crippen LogP contribution in [0.4, 0.5) is 23.8 Å². The predicted molar refractivity (Wildman–Crippen MR) is 86.0 cm³/mol. The Bertz CT molecular complexity index is 596. The van der Waals surface area contributed by atoms with E-state index in [4.69, 9.17) is 0 Å². The molecule has 2 amide bonds. The highest BCUT2D eigenvalue weighted by Crippen LogP contribution is 2.28. The molecule has 1 saturated heterocycles. The molecule has 0 unspecified atom stereocenters. The highest BCUT2D eigenvalue weighted by molar-refractivity contribution is 5.74. The zero-order chi connectivity index (χ0) is 17.9. The predicted octanol–water partition coefficient (Wildman–Crippen LogP) is 3.02. The maximum absolute atomic E-state index is 12.7. The SMILES string of the molecule is O=C(NC1CCCC1)N1CCC(Nc2cc(C(F)(F)F)ncn2)CC1. The number of hydrogen-bond donors (Lipinski definition) is 2. The Balaban J connectivity index is 1.48. The summed E-state index contributed by atoms with van der Waals surface area (Å²) in [6, 6.07) is 1.16. The molecular weight excluding hydrogens is 335 g/mol. The van der Waals surface area contributed by atoms with E-state index in [1.54, 1.807) is 4.90 Å². The van der Waals surface area contributed by atoms with Gasteiger partial charge >= 0.3 is 12.2 Å². The third-order valence-electron chi connectivity index (χ3n) is 4.77. The molecule has 0 bridgehead atoms. The molecule has 1 aromatic rings. The molecule has 138 valence electrons. The smallest absolute Gasteiger partial charge is 0.367 e. The molecule has 1 saturated carbocycles. The van der Waals surface area contributed by atoms with Crippen LogP contribution in [0.3, 0.4) is 0 Å². The quantitative estimate of drug-likeness (QED) is 0.872. The number of likely N-dealkylation sites (tertiary alicyclic amines) is 1. The lowest BCUT2D eigenvalue weighted by molar-refractivity contribution is -0.141. The fraction of sp³-hybridized carbons (Fsp3) is 0.688. The maximum atomic E-state index is 12.7. The molecule has 2 N–H and O–H groups in total. The van der Waals surface area contributed by atoms with Crippen LogP contribution >= 0.6 is 0 Å². The van der Waals surface area contributed by atoms with Gasteiger partial charge < -0.3 is 15.5 Å². The number of urea groups is 1. The van der Waals surface area contributed by atoms with Crippen LogP contribution in [0.2, 0.25) is 0 Å². The average Bonchev–Trinajstić information content (AvgIpc) is 3.08. The van der Waals surface area contributed by atoms with Gasteiger partial charge in [0.05, 0.1) is 0 Å². The fourth-order valence-electron chi connectivity index (χ4n) is 3.36. The third kappa shape index (κ3) is 4.73. The van der Waals surface area contributed by atoms with Crippen molar-refractivity contribution in [2.24, 2.45) is 0 Å². The molecule has 0 radical (unpaired) electrons. The van der Waals surface area contributed by atoms with Crippen LogP contribution in [-0.2, 0) is 6.18 Å². The Morgan fingerprint density at radius 2 is 1.76 bits per heavy atom. The molecular formula is C16H22F3N5O. The van der Waals surface area contributed by atoms with Gasteiger partial charge in [0.15, 0.2) is 0 Å². The molecule has 1 aromatic heterocycles. The van der Waals surface area contributed by atoms with Crippen molar-refractivity contribution in [2.45, 2.75) is 56.8 Å². The van der Waals surface area contributed by atoms with E-state index in [9.17, 15) is 18.0 Å². The summed E-state index contributed by atoms with van der Waals surface area (Å²) >= 11 is 0. The number of anilines is 1. The van der Waals surface area contributed by atoms with Crippen molar-refractivity contribution in [1.82, 2.24) is 20.2 Å². The number of amides is 2. The Morgan fingerprint density at radius 3 is 2.40 bits per heavy atom. The molecule has 9 heteroatoms. The summed E-state index contributed by atoms with van der Waals surface area (Å²) in [6.07, 6.45) is 2.17. The van der Waals surface area contributed by atoms with E-state index in [-0.39, 0.29) is 23.9 Å². The van der Waals surface area contributed by atoms with Gasteiger partial charge in [0, 0.05) is 31.2 Å². The molecule has 1 aliphatic heterocycles. The number of aromatic nitrogens is 2. The first-order chi connectivity index (χ1) is 11.9. The minimum Gasteiger partial charge on any atom is -0.367 e. The molecule has 0 atom stereocenters. The molecule has 2 fully saturated rings. The van der Waals surface area contributed by atoms with E-state index >= 15 is 0 Å². The lowest BCUT2D eigenvalue weighted by Crippen LogP contribution is -2.49. The molecule has 0 spiro atoms. The van der Waals surface area contributed by atoms with Crippen molar-refractivity contribution in [3.63, 3.8) is 0 Å². The number of alkyl halides is 3. The Kier molecular flexibility index (Phi) is 5.29. The van der Waals surface area contributed by atoms with Crippen LogP contribution in [0.25, 0.3) is 0 Å². The number of piperidine rings is 1. The van der Waals surface area contributed by atoms with Gasteiger partial charge in [-0.2, -0.15) is 13.2 Å². The van der Waals surface area contributed by atoms with Crippen LogP contribution < -0.4 is 10.6 Å².